The minimum atomic E-state index is -1.74. The van der Waals surface area contributed by atoms with Gasteiger partial charge in [0.2, 0.25) is 0 Å². The fourth-order valence-electron chi connectivity index (χ4n) is 2.45. The molecule has 0 aliphatic rings. The summed E-state index contributed by atoms with van der Waals surface area (Å²) in [5.41, 5.74) is -0.915. The number of hydrogen-bond acceptors (Lipinski definition) is 3. The van der Waals surface area contributed by atoms with Crippen molar-refractivity contribution in [2.45, 2.75) is 32.4 Å². The molecule has 1 unspecified atom stereocenters. The highest BCUT2D eigenvalue weighted by Crippen LogP contribution is 2.22. The van der Waals surface area contributed by atoms with Gasteiger partial charge in [0.1, 0.15) is 5.82 Å². The van der Waals surface area contributed by atoms with Crippen LogP contribution >= 0.6 is 0 Å². The average Bonchev–Trinajstić information content (AvgIpc) is 2.61. The summed E-state index contributed by atoms with van der Waals surface area (Å²) in [7, 11) is 0. The van der Waals surface area contributed by atoms with Crippen molar-refractivity contribution in [3.63, 3.8) is 0 Å². The third-order valence-corrected chi connectivity index (χ3v) is 4.04. The number of carboxylic acid groups (broad SMARTS) is 1. The van der Waals surface area contributed by atoms with E-state index >= 15 is 0 Å². The number of amides is 2. The predicted molar refractivity (Wildman–Crippen MR) is 97.9 cm³/mol. The van der Waals surface area contributed by atoms with Crippen LogP contribution in [-0.2, 0) is 10.3 Å². The molecule has 0 saturated carbocycles. The van der Waals surface area contributed by atoms with Gasteiger partial charge in [-0.05, 0) is 62.7 Å². The van der Waals surface area contributed by atoms with Crippen LogP contribution in [0.4, 0.5) is 4.39 Å². The van der Waals surface area contributed by atoms with Crippen LogP contribution in [0.2, 0.25) is 0 Å². The largest absolute Gasteiger partial charge is 0.479 e. The van der Waals surface area contributed by atoms with Gasteiger partial charge in [0, 0.05) is 17.2 Å². The molecule has 2 rings (SSSR count). The zero-order valence-corrected chi connectivity index (χ0v) is 15.2. The van der Waals surface area contributed by atoms with E-state index in [9.17, 15) is 23.9 Å². The molecule has 0 heterocycles. The SMILES string of the molecule is CC(C)NC(=O)c1ccc(C(=O)NC(C)(C(=O)O)c2ccc(F)cc2)cc1. The van der Waals surface area contributed by atoms with E-state index in [1.165, 1.54) is 43.3 Å². The Morgan fingerprint density at radius 3 is 1.85 bits per heavy atom. The van der Waals surface area contributed by atoms with Crippen molar-refractivity contribution in [3.05, 3.63) is 71.0 Å². The first-order valence-corrected chi connectivity index (χ1v) is 8.36. The number of nitrogens with one attached hydrogen (secondary N) is 2. The highest BCUT2D eigenvalue weighted by atomic mass is 19.1. The summed E-state index contributed by atoms with van der Waals surface area (Å²) in [6.07, 6.45) is 0. The Hall–Kier alpha value is -3.22. The van der Waals surface area contributed by atoms with E-state index in [-0.39, 0.29) is 23.1 Å². The van der Waals surface area contributed by atoms with Gasteiger partial charge in [-0.3, -0.25) is 9.59 Å². The van der Waals surface area contributed by atoms with Crippen LogP contribution in [0.3, 0.4) is 0 Å². The van der Waals surface area contributed by atoms with Crippen LogP contribution in [0, 0.1) is 5.82 Å². The maximum Gasteiger partial charge on any atom is 0.333 e. The van der Waals surface area contributed by atoms with Crippen molar-refractivity contribution in [1.82, 2.24) is 10.6 Å². The fraction of sp³-hybridized carbons (Fsp3) is 0.250. The maximum absolute atomic E-state index is 13.1. The molecular weight excluding hydrogens is 351 g/mol. The van der Waals surface area contributed by atoms with Gasteiger partial charge in [0.25, 0.3) is 11.8 Å². The molecule has 0 spiro atoms. The number of benzene rings is 2. The second-order valence-corrected chi connectivity index (χ2v) is 6.60. The molecule has 0 fully saturated rings. The van der Waals surface area contributed by atoms with Gasteiger partial charge in [-0.25, -0.2) is 9.18 Å². The first-order valence-electron chi connectivity index (χ1n) is 8.36. The van der Waals surface area contributed by atoms with Crippen molar-refractivity contribution >= 4 is 17.8 Å². The lowest BCUT2D eigenvalue weighted by Crippen LogP contribution is -2.49. The Balaban J connectivity index is 2.22. The Kier molecular flexibility index (Phi) is 5.95. The zero-order valence-electron chi connectivity index (χ0n) is 15.2. The first kappa shape index (κ1) is 20.1. The summed E-state index contributed by atoms with van der Waals surface area (Å²) in [5.74, 6) is -2.68. The number of carbonyl (C=O) groups excluding carboxylic acids is 2. The second kappa shape index (κ2) is 7.99. The average molecular weight is 372 g/mol. The molecule has 27 heavy (non-hydrogen) atoms. The van der Waals surface area contributed by atoms with Crippen molar-refractivity contribution < 1.29 is 23.9 Å². The maximum atomic E-state index is 13.1. The number of hydrogen-bond donors (Lipinski definition) is 3. The molecule has 0 aliphatic heterocycles. The van der Waals surface area contributed by atoms with Crippen LogP contribution in [0.25, 0.3) is 0 Å². The Labute approximate surface area is 156 Å². The standard InChI is InChI=1S/C20H21FN2O4/c1-12(2)22-17(24)13-4-6-14(7-5-13)18(25)23-20(3,19(26)27)15-8-10-16(21)11-9-15/h4-12H,1-3H3,(H,22,24)(H,23,25)(H,26,27). The van der Waals surface area contributed by atoms with Crippen molar-refractivity contribution in [3.8, 4) is 0 Å². The lowest BCUT2D eigenvalue weighted by Gasteiger charge is -2.27. The monoisotopic (exact) mass is 372 g/mol. The number of halogens is 1. The van der Waals surface area contributed by atoms with Gasteiger partial charge in [-0.15, -0.1) is 0 Å². The number of aliphatic carboxylic acids is 1. The third-order valence-electron chi connectivity index (χ3n) is 4.04. The molecule has 3 N–H and O–H groups in total. The summed E-state index contributed by atoms with van der Waals surface area (Å²) in [4.78, 5) is 36.2. The molecule has 7 heteroatoms. The second-order valence-electron chi connectivity index (χ2n) is 6.60. The van der Waals surface area contributed by atoms with Gasteiger partial charge >= 0.3 is 5.97 Å². The Bertz CT molecular complexity index is 847. The smallest absolute Gasteiger partial charge is 0.333 e. The van der Waals surface area contributed by atoms with E-state index in [4.69, 9.17) is 0 Å². The highest BCUT2D eigenvalue weighted by Gasteiger charge is 2.37. The lowest BCUT2D eigenvalue weighted by atomic mass is 9.91. The molecule has 0 aliphatic carbocycles. The lowest BCUT2D eigenvalue weighted by molar-refractivity contribution is -0.144. The molecule has 6 nitrogen and oxygen atoms in total. The summed E-state index contributed by atoms with van der Waals surface area (Å²) in [5, 5.41) is 14.8. The molecule has 0 aromatic heterocycles. The number of rotatable bonds is 6. The number of carbonyl (C=O) groups is 3. The molecule has 2 aromatic rings. The summed E-state index contributed by atoms with van der Waals surface area (Å²) >= 11 is 0. The van der Waals surface area contributed by atoms with Crippen LogP contribution in [0.15, 0.2) is 48.5 Å². The van der Waals surface area contributed by atoms with Gasteiger partial charge in [0.15, 0.2) is 5.54 Å². The van der Waals surface area contributed by atoms with E-state index in [1.807, 2.05) is 13.8 Å². The minimum Gasteiger partial charge on any atom is -0.479 e. The van der Waals surface area contributed by atoms with Crippen molar-refractivity contribution in [2.75, 3.05) is 0 Å². The van der Waals surface area contributed by atoms with Gasteiger partial charge < -0.3 is 15.7 Å². The molecule has 0 radical (unpaired) electrons. The van der Waals surface area contributed by atoms with Crippen molar-refractivity contribution in [1.29, 1.82) is 0 Å². The molecule has 0 bridgehead atoms. The van der Waals surface area contributed by atoms with Crippen LogP contribution in [0.5, 0.6) is 0 Å². The molecule has 142 valence electrons. The fourth-order valence-corrected chi connectivity index (χ4v) is 2.45. The molecule has 2 aromatic carbocycles. The van der Waals surface area contributed by atoms with Crippen LogP contribution < -0.4 is 10.6 Å². The number of carboxylic acids is 1. The molecule has 2 amide bonds. The van der Waals surface area contributed by atoms with E-state index in [0.717, 1.165) is 12.1 Å². The summed E-state index contributed by atoms with van der Waals surface area (Å²) in [6.45, 7) is 4.99. The van der Waals surface area contributed by atoms with E-state index < -0.39 is 23.2 Å². The summed E-state index contributed by atoms with van der Waals surface area (Å²) in [6, 6.07) is 10.7. The van der Waals surface area contributed by atoms with Crippen molar-refractivity contribution in [2.24, 2.45) is 0 Å². The van der Waals surface area contributed by atoms with Gasteiger partial charge in [0.05, 0.1) is 0 Å². The Morgan fingerprint density at radius 1 is 0.926 bits per heavy atom. The van der Waals surface area contributed by atoms with Gasteiger partial charge in [-0.2, -0.15) is 0 Å². The first-order chi connectivity index (χ1) is 12.6. The van der Waals surface area contributed by atoms with E-state index in [0.29, 0.717) is 5.56 Å². The molecule has 0 saturated heterocycles. The van der Waals surface area contributed by atoms with Gasteiger partial charge in [-0.1, -0.05) is 12.1 Å². The highest BCUT2D eigenvalue weighted by molar-refractivity contribution is 6.00. The normalized spacial score (nSPS) is 12.9. The minimum absolute atomic E-state index is 0.0209. The topological polar surface area (TPSA) is 95.5 Å². The predicted octanol–water partition coefficient (Wildman–Crippen LogP) is 2.69. The zero-order chi connectivity index (χ0) is 20.2. The van der Waals surface area contributed by atoms with Crippen LogP contribution in [0.1, 0.15) is 47.1 Å². The van der Waals surface area contributed by atoms with E-state index in [2.05, 4.69) is 10.6 Å². The molecule has 1 atom stereocenters. The van der Waals surface area contributed by atoms with E-state index in [1.54, 1.807) is 0 Å². The summed E-state index contributed by atoms with van der Waals surface area (Å²) < 4.78 is 13.1. The quantitative estimate of drug-likeness (QED) is 0.726. The Morgan fingerprint density at radius 2 is 1.41 bits per heavy atom. The van der Waals surface area contributed by atoms with Crippen LogP contribution in [-0.4, -0.2) is 28.9 Å². The third kappa shape index (κ3) is 4.69. The molecular formula is C20H21FN2O4.